The Morgan fingerprint density at radius 1 is 1.46 bits per heavy atom. The maximum atomic E-state index is 11.2. The molecule has 13 heavy (non-hydrogen) atoms. The number of Topliss-reactive ketones (excluding diaryl/α,β-unsaturated/α-hetero) is 1. The lowest BCUT2D eigenvalue weighted by Gasteiger charge is -2.21. The molecule has 0 unspecified atom stereocenters. The first-order valence-corrected chi connectivity index (χ1v) is 4.00. The van der Waals surface area contributed by atoms with E-state index in [1.165, 1.54) is 14.0 Å². The van der Waals surface area contributed by atoms with Gasteiger partial charge in [0.2, 0.25) is 5.79 Å². The Morgan fingerprint density at radius 3 is 2.38 bits per heavy atom. The number of rotatable bonds is 3. The van der Waals surface area contributed by atoms with Crippen LogP contribution in [0.3, 0.4) is 0 Å². The van der Waals surface area contributed by atoms with E-state index in [4.69, 9.17) is 9.47 Å². The van der Waals surface area contributed by atoms with Crippen LogP contribution in [0, 0.1) is 0 Å². The quantitative estimate of drug-likeness (QED) is 0.472. The maximum absolute atomic E-state index is 11.2. The Hall–Kier alpha value is -0.940. The predicted molar refractivity (Wildman–Crippen MR) is 45.4 cm³/mol. The molecule has 1 fully saturated rings. The van der Waals surface area contributed by atoms with Crippen LogP contribution in [0.15, 0.2) is 5.16 Å². The minimum Gasteiger partial charge on any atom is -0.399 e. The summed E-state index contributed by atoms with van der Waals surface area (Å²) in [5, 5.41) is 3.59. The molecule has 1 rings (SSSR count). The zero-order valence-electron chi connectivity index (χ0n) is 7.99. The standard InChI is InChI=1S/C8H13NO4/c1-6(10)7(9-11-3)8(2)12-4-5-13-8/h4-5H2,1-3H3/b9-7+. The maximum Gasteiger partial charge on any atom is 0.216 e. The molecular weight excluding hydrogens is 174 g/mol. The lowest BCUT2D eigenvalue weighted by Crippen LogP contribution is -2.40. The molecule has 1 heterocycles. The molecule has 0 saturated carbocycles. The molecule has 1 aliphatic rings. The number of hydrogen-bond acceptors (Lipinski definition) is 5. The van der Waals surface area contributed by atoms with Crippen LogP contribution in [0.5, 0.6) is 0 Å². The zero-order chi connectivity index (χ0) is 9.90. The average molecular weight is 187 g/mol. The molecular formula is C8H13NO4. The summed E-state index contributed by atoms with van der Waals surface area (Å²) >= 11 is 0. The second-order valence-corrected chi connectivity index (χ2v) is 2.82. The van der Waals surface area contributed by atoms with E-state index in [0.29, 0.717) is 13.2 Å². The van der Waals surface area contributed by atoms with Crippen LogP contribution in [0.25, 0.3) is 0 Å². The summed E-state index contributed by atoms with van der Waals surface area (Å²) in [6.07, 6.45) is 0. The third-order valence-corrected chi connectivity index (χ3v) is 1.78. The number of carbonyl (C=O) groups is 1. The number of ketones is 1. The van der Waals surface area contributed by atoms with Crippen molar-refractivity contribution in [3.8, 4) is 0 Å². The number of hydrogen-bond donors (Lipinski definition) is 0. The van der Waals surface area contributed by atoms with E-state index in [0.717, 1.165) is 0 Å². The largest absolute Gasteiger partial charge is 0.399 e. The molecule has 5 nitrogen and oxygen atoms in total. The van der Waals surface area contributed by atoms with Crippen molar-refractivity contribution in [1.82, 2.24) is 0 Å². The highest BCUT2D eigenvalue weighted by Gasteiger charge is 2.40. The van der Waals surface area contributed by atoms with E-state index in [2.05, 4.69) is 9.99 Å². The van der Waals surface area contributed by atoms with Gasteiger partial charge in [-0.15, -0.1) is 0 Å². The van der Waals surface area contributed by atoms with Gasteiger partial charge in [-0.05, 0) is 6.92 Å². The summed E-state index contributed by atoms with van der Waals surface area (Å²) in [7, 11) is 1.38. The van der Waals surface area contributed by atoms with Crippen LogP contribution in [-0.2, 0) is 19.1 Å². The summed E-state index contributed by atoms with van der Waals surface area (Å²) < 4.78 is 10.5. The molecule has 0 N–H and O–H groups in total. The first-order chi connectivity index (χ1) is 6.10. The lowest BCUT2D eigenvalue weighted by molar-refractivity contribution is -0.118. The van der Waals surface area contributed by atoms with Crippen molar-refractivity contribution in [2.45, 2.75) is 19.6 Å². The molecule has 0 amide bonds. The third kappa shape index (κ3) is 2.05. The van der Waals surface area contributed by atoms with Crippen molar-refractivity contribution < 1.29 is 19.1 Å². The topological polar surface area (TPSA) is 57.1 Å². The highest BCUT2D eigenvalue weighted by atomic mass is 16.7. The van der Waals surface area contributed by atoms with Gasteiger partial charge in [-0.2, -0.15) is 0 Å². The van der Waals surface area contributed by atoms with Gasteiger partial charge in [0.25, 0.3) is 0 Å². The third-order valence-electron chi connectivity index (χ3n) is 1.78. The van der Waals surface area contributed by atoms with Gasteiger partial charge in [-0.25, -0.2) is 0 Å². The van der Waals surface area contributed by atoms with Crippen LogP contribution >= 0.6 is 0 Å². The highest BCUT2D eigenvalue weighted by Crippen LogP contribution is 2.21. The first kappa shape index (κ1) is 10.1. The average Bonchev–Trinajstić information content (AvgIpc) is 2.48. The van der Waals surface area contributed by atoms with E-state index in [-0.39, 0.29) is 11.5 Å². The van der Waals surface area contributed by atoms with E-state index in [1.54, 1.807) is 6.92 Å². The number of nitrogens with zero attached hydrogens (tertiary/aromatic N) is 1. The van der Waals surface area contributed by atoms with E-state index in [1.807, 2.05) is 0 Å². The van der Waals surface area contributed by atoms with Crippen molar-refractivity contribution >= 4 is 11.5 Å². The van der Waals surface area contributed by atoms with Gasteiger partial charge in [0.05, 0.1) is 13.2 Å². The summed E-state index contributed by atoms with van der Waals surface area (Å²) in [6, 6.07) is 0. The van der Waals surface area contributed by atoms with Gasteiger partial charge in [-0.3, -0.25) is 4.79 Å². The van der Waals surface area contributed by atoms with Crippen LogP contribution in [-0.4, -0.2) is 37.6 Å². The van der Waals surface area contributed by atoms with Crippen molar-refractivity contribution in [3.63, 3.8) is 0 Å². The Labute approximate surface area is 76.6 Å². The molecule has 0 atom stereocenters. The van der Waals surface area contributed by atoms with E-state index >= 15 is 0 Å². The summed E-state index contributed by atoms with van der Waals surface area (Å²) in [4.78, 5) is 15.7. The smallest absolute Gasteiger partial charge is 0.216 e. The number of carbonyl (C=O) groups excluding carboxylic acids is 1. The van der Waals surface area contributed by atoms with Crippen molar-refractivity contribution in [1.29, 1.82) is 0 Å². The minimum atomic E-state index is -1.04. The summed E-state index contributed by atoms with van der Waals surface area (Å²) in [5.74, 6) is -1.26. The Morgan fingerprint density at radius 2 is 2.00 bits per heavy atom. The van der Waals surface area contributed by atoms with Gasteiger partial charge in [0.1, 0.15) is 7.11 Å². The van der Waals surface area contributed by atoms with Gasteiger partial charge in [-0.1, -0.05) is 5.16 Å². The fraction of sp³-hybridized carbons (Fsp3) is 0.750. The Bertz CT molecular complexity index is 230. The Kier molecular flexibility index (Phi) is 3.00. The van der Waals surface area contributed by atoms with E-state index in [9.17, 15) is 4.79 Å². The predicted octanol–water partition coefficient (Wildman–Crippen LogP) is 0.341. The summed E-state index contributed by atoms with van der Waals surface area (Å²) in [5.41, 5.74) is 0.160. The number of oxime groups is 1. The fourth-order valence-electron chi connectivity index (χ4n) is 1.21. The molecule has 0 aromatic heterocycles. The first-order valence-electron chi connectivity index (χ1n) is 4.00. The molecule has 0 bridgehead atoms. The molecule has 1 saturated heterocycles. The van der Waals surface area contributed by atoms with Crippen LogP contribution in [0.1, 0.15) is 13.8 Å². The van der Waals surface area contributed by atoms with Crippen LogP contribution in [0.4, 0.5) is 0 Å². The van der Waals surface area contributed by atoms with Crippen LogP contribution < -0.4 is 0 Å². The molecule has 0 aromatic rings. The van der Waals surface area contributed by atoms with E-state index < -0.39 is 5.79 Å². The SMILES string of the molecule is CO/N=C(\C(C)=O)C1(C)OCCO1. The van der Waals surface area contributed by atoms with Crippen molar-refractivity contribution in [2.75, 3.05) is 20.3 Å². The normalized spacial score (nSPS) is 21.6. The van der Waals surface area contributed by atoms with Crippen LogP contribution in [0.2, 0.25) is 0 Å². The van der Waals surface area contributed by atoms with Crippen molar-refractivity contribution in [2.24, 2.45) is 5.16 Å². The zero-order valence-corrected chi connectivity index (χ0v) is 7.99. The van der Waals surface area contributed by atoms with Gasteiger partial charge >= 0.3 is 0 Å². The Balaban J connectivity index is 2.86. The molecule has 1 aliphatic heterocycles. The van der Waals surface area contributed by atoms with Gasteiger partial charge < -0.3 is 14.3 Å². The fourth-order valence-corrected chi connectivity index (χ4v) is 1.21. The van der Waals surface area contributed by atoms with Gasteiger partial charge in [0.15, 0.2) is 11.5 Å². The second-order valence-electron chi connectivity index (χ2n) is 2.82. The van der Waals surface area contributed by atoms with Crippen molar-refractivity contribution in [3.05, 3.63) is 0 Å². The minimum absolute atomic E-state index is 0.160. The second kappa shape index (κ2) is 3.85. The molecule has 5 heteroatoms. The monoisotopic (exact) mass is 187 g/mol. The molecule has 74 valence electrons. The highest BCUT2D eigenvalue weighted by molar-refractivity contribution is 6.41. The molecule has 0 aliphatic carbocycles. The van der Waals surface area contributed by atoms with Gasteiger partial charge in [0, 0.05) is 6.92 Å². The molecule has 0 spiro atoms. The summed E-state index contributed by atoms with van der Waals surface area (Å²) in [6.45, 7) is 3.98. The molecule has 0 aromatic carbocycles. The number of ether oxygens (including phenoxy) is 2. The molecule has 0 radical (unpaired) electrons. The lowest BCUT2D eigenvalue weighted by atomic mass is 10.1.